The summed E-state index contributed by atoms with van der Waals surface area (Å²) in [5, 5.41) is 0.471. The number of hydrogen-bond donors (Lipinski definition) is 0. The van der Waals surface area contributed by atoms with Gasteiger partial charge in [0.15, 0.2) is 0 Å². The largest absolute Gasteiger partial charge is 0.336 e. The average molecular weight is 282 g/mol. The van der Waals surface area contributed by atoms with Crippen LogP contribution in [0.2, 0.25) is 5.02 Å². The number of pyridine rings is 1. The first-order valence-electron chi connectivity index (χ1n) is 6.53. The summed E-state index contributed by atoms with van der Waals surface area (Å²) < 4.78 is 0. The first-order chi connectivity index (χ1) is 8.89. The maximum atomic E-state index is 12.4. The highest BCUT2D eigenvalue weighted by Crippen LogP contribution is 2.19. The number of rotatable bonds is 1. The maximum absolute atomic E-state index is 12.4. The Bertz CT molecular complexity index is 462. The van der Waals surface area contributed by atoms with Crippen LogP contribution < -0.4 is 0 Å². The monoisotopic (exact) mass is 281 g/mol. The molecule has 0 bridgehead atoms. The van der Waals surface area contributed by atoms with E-state index in [-0.39, 0.29) is 11.4 Å². The number of nitrogens with zero attached hydrogens (tertiary/aromatic N) is 3. The second kappa shape index (κ2) is 5.47. The molecule has 0 radical (unpaired) electrons. The number of piperazine rings is 1. The Morgan fingerprint density at radius 2 is 1.89 bits per heavy atom. The standard InChI is InChI=1S/C14H20ClN3O/c1-14(2,3)18-8-6-17(7-9-18)13(19)11-10-16-5-4-12(11)15/h4-5,10H,6-9H2,1-3H3. The van der Waals surface area contributed by atoms with Crippen molar-refractivity contribution in [3.05, 3.63) is 29.0 Å². The lowest BCUT2D eigenvalue weighted by molar-refractivity contribution is 0.0451. The van der Waals surface area contributed by atoms with Crippen LogP contribution >= 0.6 is 11.6 Å². The third-order valence-corrected chi connectivity index (χ3v) is 3.84. The van der Waals surface area contributed by atoms with Crippen molar-refractivity contribution in [2.75, 3.05) is 26.2 Å². The second-order valence-electron chi connectivity index (χ2n) is 5.81. The molecule has 19 heavy (non-hydrogen) atoms. The van der Waals surface area contributed by atoms with Gasteiger partial charge in [0, 0.05) is 44.1 Å². The van der Waals surface area contributed by atoms with Crippen molar-refractivity contribution in [2.24, 2.45) is 0 Å². The highest BCUT2D eigenvalue weighted by atomic mass is 35.5. The minimum Gasteiger partial charge on any atom is -0.336 e. The Labute approximate surface area is 119 Å². The fourth-order valence-corrected chi connectivity index (χ4v) is 2.47. The summed E-state index contributed by atoms with van der Waals surface area (Å²) in [5.41, 5.74) is 0.648. The molecule has 2 rings (SSSR count). The topological polar surface area (TPSA) is 36.4 Å². The van der Waals surface area contributed by atoms with Gasteiger partial charge in [-0.2, -0.15) is 0 Å². The van der Waals surface area contributed by atoms with Crippen molar-refractivity contribution in [1.29, 1.82) is 0 Å². The van der Waals surface area contributed by atoms with Crippen molar-refractivity contribution in [1.82, 2.24) is 14.8 Å². The van der Waals surface area contributed by atoms with Gasteiger partial charge in [-0.15, -0.1) is 0 Å². The molecule has 1 saturated heterocycles. The number of aromatic nitrogens is 1. The molecule has 2 heterocycles. The van der Waals surface area contributed by atoms with E-state index in [1.807, 2.05) is 4.90 Å². The van der Waals surface area contributed by atoms with Gasteiger partial charge < -0.3 is 4.90 Å². The molecule has 1 amide bonds. The predicted molar refractivity (Wildman–Crippen MR) is 76.5 cm³/mol. The summed E-state index contributed by atoms with van der Waals surface area (Å²) >= 11 is 6.04. The molecular formula is C14H20ClN3O. The van der Waals surface area contributed by atoms with Crippen LogP contribution in [0.5, 0.6) is 0 Å². The first kappa shape index (κ1) is 14.3. The van der Waals surface area contributed by atoms with Gasteiger partial charge in [0.05, 0.1) is 10.6 Å². The van der Waals surface area contributed by atoms with Crippen LogP contribution in [0, 0.1) is 0 Å². The van der Waals surface area contributed by atoms with Crippen LogP contribution in [0.4, 0.5) is 0 Å². The van der Waals surface area contributed by atoms with E-state index < -0.39 is 0 Å². The van der Waals surface area contributed by atoms with E-state index in [0.29, 0.717) is 10.6 Å². The van der Waals surface area contributed by atoms with E-state index in [0.717, 1.165) is 26.2 Å². The summed E-state index contributed by atoms with van der Waals surface area (Å²) in [5.74, 6) is -0.0216. The van der Waals surface area contributed by atoms with E-state index in [4.69, 9.17) is 11.6 Å². The van der Waals surface area contributed by atoms with E-state index in [1.165, 1.54) is 0 Å². The maximum Gasteiger partial charge on any atom is 0.257 e. The Morgan fingerprint density at radius 3 is 2.42 bits per heavy atom. The number of amides is 1. The van der Waals surface area contributed by atoms with Crippen LogP contribution in [0.25, 0.3) is 0 Å². The zero-order valence-corrected chi connectivity index (χ0v) is 12.4. The van der Waals surface area contributed by atoms with Gasteiger partial charge in [0.25, 0.3) is 5.91 Å². The third-order valence-electron chi connectivity index (χ3n) is 3.51. The molecule has 0 spiro atoms. The molecule has 0 atom stereocenters. The zero-order chi connectivity index (χ0) is 14.0. The first-order valence-corrected chi connectivity index (χ1v) is 6.91. The van der Waals surface area contributed by atoms with Crippen molar-refractivity contribution in [3.8, 4) is 0 Å². The molecule has 104 valence electrons. The fraction of sp³-hybridized carbons (Fsp3) is 0.571. The summed E-state index contributed by atoms with van der Waals surface area (Å²) in [7, 11) is 0. The SMILES string of the molecule is CC(C)(C)N1CCN(C(=O)c2cnccc2Cl)CC1. The molecule has 0 N–H and O–H groups in total. The molecule has 1 aliphatic rings. The van der Waals surface area contributed by atoms with Crippen molar-refractivity contribution in [3.63, 3.8) is 0 Å². The van der Waals surface area contributed by atoms with Crippen molar-refractivity contribution in [2.45, 2.75) is 26.3 Å². The minimum absolute atomic E-state index is 0.0216. The van der Waals surface area contributed by atoms with Crippen LogP contribution in [-0.4, -0.2) is 52.4 Å². The van der Waals surface area contributed by atoms with Gasteiger partial charge in [-0.25, -0.2) is 0 Å². The van der Waals surface area contributed by atoms with E-state index in [9.17, 15) is 4.79 Å². The minimum atomic E-state index is -0.0216. The highest BCUT2D eigenvalue weighted by molar-refractivity contribution is 6.33. The number of hydrogen-bond acceptors (Lipinski definition) is 3. The quantitative estimate of drug-likeness (QED) is 0.792. The molecule has 0 saturated carbocycles. The van der Waals surface area contributed by atoms with Crippen LogP contribution in [0.15, 0.2) is 18.5 Å². The lowest BCUT2D eigenvalue weighted by Crippen LogP contribution is -2.54. The summed E-state index contributed by atoms with van der Waals surface area (Å²) in [4.78, 5) is 20.6. The molecule has 0 aromatic carbocycles. The number of carbonyl (C=O) groups is 1. The predicted octanol–water partition coefficient (Wildman–Crippen LogP) is 2.29. The molecule has 0 unspecified atom stereocenters. The molecule has 4 nitrogen and oxygen atoms in total. The van der Waals surface area contributed by atoms with Gasteiger partial charge in [-0.05, 0) is 26.8 Å². The average Bonchev–Trinajstić information content (AvgIpc) is 2.38. The van der Waals surface area contributed by atoms with Gasteiger partial charge in [-0.3, -0.25) is 14.7 Å². The normalized spacial score (nSPS) is 17.6. The fourth-order valence-electron chi connectivity index (χ4n) is 2.29. The molecule has 0 aliphatic carbocycles. The Balaban J connectivity index is 2.03. The van der Waals surface area contributed by atoms with Crippen molar-refractivity contribution < 1.29 is 4.79 Å². The van der Waals surface area contributed by atoms with Crippen LogP contribution in [-0.2, 0) is 0 Å². The molecule has 1 aliphatic heterocycles. The number of halogens is 1. The number of carbonyl (C=O) groups excluding carboxylic acids is 1. The van der Waals surface area contributed by atoms with E-state index >= 15 is 0 Å². The third kappa shape index (κ3) is 3.25. The molecule has 1 fully saturated rings. The van der Waals surface area contributed by atoms with Gasteiger partial charge in [0.2, 0.25) is 0 Å². The summed E-state index contributed by atoms with van der Waals surface area (Å²) in [6.07, 6.45) is 3.14. The molecular weight excluding hydrogens is 262 g/mol. The van der Waals surface area contributed by atoms with Crippen molar-refractivity contribution >= 4 is 17.5 Å². The van der Waals surface area contributed by atoms with E-state index in [1.54, 1.807) is 18.5 Å². The Kier molecular flexibility index (Phi) is 4.11. The second-order valence-corrected chi connectivity index (χ2v) is 6.21. The summed E-state index contributed by atoms with van der Waals surface area (Å²) in [6.45, 7) is 9.86. The summed E-state index contributed by atoms with van der Waals surface area (Å²) in [6, 6.07) is 1.65. The zero-order valence-electron chi connectivity index (χ0n) is 11.7. The van der Waals surface area contributed by atoms with Crippen LogP contribution in [0.3, 0.4) is 0 Å². The molecule has 1 aromatic rings. The molecule has 5 heteroatoms. The Hall–Kier alpha value is -1.13. The smallest absolute Gasteiger partial charge is 0.257 e. The highest BCUT2D eigenvalue weighted by Gasteiger charge is 2.28. The Morgan fingerprint density at radius 1 is 1.26 bits per heavy atom. The molecule has 1 aromatic heterocycles. The lowest BCUT2D eigenvalue weighted by atomic mass is 10.0. The van der Waals surface area contributed by atoms with Gasteiger partial charge in [-0.1, -0.05) is 11.6 Å². The van der Waals surface area contributed by atoms with E-state index in [2.05, 4.69) is 30.7 Å². The lowest BCUT2D eigenvalue weighted by Gasteiger charge is -2.42. The van der Waals surface area contributed by atoms with Gasteiger partial charge >= 0.3 is 0 Å². The van der Waals surface area contributed by atoms with Crippen LogP contribution in [0.1, 0.15) is 31.1 Å². The van der Waals surface area contributed by atoms with Gasteiger partial charge in [0.1, 0.15) is 0 Å².